The summed E-state index contributed by atoms with van der Waals surface area (Å²) in [6.07, 6.45) is -4.14. The number of anilines is 1. The zero-order valence-corrected chi connectivity index (χ0v) is 23.2. The van der Waals surface area contributed by atoms with Gasteiger partial charge in [0.15, 0.2) is 18.1 Å². The molecule has 42 heavy (non-hydrogen) atoms. The molecule has 14 heteroatoms. The summed E-state index contributed by atoms with van der Waals surface area (Å²) in [5.74, 6) is -2.05. The van der Waals surface area contributed by atoms with E-state index in [1.54, 1.807) is 6.92 Å². The Bertz CT molecular complexity index is 1420. The maximum absolute atomic E-state index is 13.5. The molecular weight excluding hydrogens is 562 g/mol. The molecule has 1 atom stereocenters. The Morgan fingerprint density at radius 1 is 1.17 bits per heavy atom. The Balaban J connectivity index is 1.65. The van der Waals surface area contributed by atoms with Crippen LogP contribution >= 0.6 is 0 Å². The van der Waals surface area contributed by atoms with Crippen LogP contribution in [0.1, 0.15) is 46.3 Å². The maximum atomic E-state index is 13.5. The van der Waals surface area contributed by atoms with Crippen molar-refractivity contribution in [2.45, 2.75) is 44.5 Å². The topological polar surface area (TPSA) is 129 Å². The Labute approximate surface area is 239 Å². The average molecular weight is 596 g/mol. The van der Waals surface area contributed by atoms with Crippen LogP contribution in [0, 0.1) is 5.82 Å². The van der Waals surface area contributed by atoms with Crippen molar-refractivity contribution < 1.29 is 42.1 Å². The van der Waals surface area contributed by atoms with Crippen molar-refractivity contribution in [3.8, 4) is 5.75 Å². The molecule has 4 rings (SSSR count). The lowest BCUT2D eigenvalue weighted by Gasteiger charge is -2.33. The lowest BCUT2D eigenvalue weighted by Crippen LogP contribution is -2.47. The van der Waals surface area contributed by atoms with E-state index in [-0.39, 0.29) is 46.4 Å². The van der Waals surface area contributed by atoms with Gasteiger partial charge in [-0.2, -0.15) is 13.2 Å². The number of amides is 2. The zero-order valence-electron chi connectivity index (χ0n) is 23.2. The first-order chi connectivity index (χ1) is 19.9. The molecule has 0 saturated carbocycles. The highest BCUT2D eigenvalue weighted by molar-refractivity contribution is 6.07. The smallest absolute Gasteiger partial charge is 0.422 e. The van der Waals surface area contributed by atoms with E-state index in [0.717, 1.165) is 12.1 Å². The van der Waals surface area contributed by atoms with Crippen LogP contribution in [-0.4, -0.2) is 87.6 Å². The van der Waals surface area contributed by atoms with Gasteiger partial charge in [-0.05, 0) is 49.6 Å². The lowest BCUT2D eigenvalue weighted by atomic mass is 10.0. The van der Waals surface area contributed by atoms with Crippen molar-refractivity contribution in [3.05, 3.63) is 53.1 Å². The Kier molecular flexibility index (Phi) is 9.69. The molecule has 1 aliphatic rings. The van der Waals surface area contributed by atoms with Crippen LogP contribution in [0.3, 0.4) is 0 Å². The number of piperidine rings is 1. The number of aliphatic hydroxyl groups is 2. The van der Waals surface area contributed by atoms with Crippen LogP contribution in [0.15, 0.2) is 30.3 Å². The molecule has 0 radical (unpaired) electrons. The molecule has 1 unspecified atom stereocenters. The van der Waals surface area contributed by atoms with Crippen molar-refractivity contribution in [1.82, 2.24) is 19.8 Å². The van der Waals surface area contributed by atoms with Gasteiger partial charge in [0, 0.05) is 38.3 Å². The third-order valence-electron chi connectivity index (χ3n) is 7.08. The lowest BCUT2D eigenvalue weighted by molar-refractivity contribution is -0.153. The molecule has 3 aromatic rings. The van der Waals surface area contributed by atoms with E-state index < -0.39 is 36.5 Å². The Morgan fingerprint density at radius 2 is 1.83 bits per heavy atom. The third kappa shape index (κ3) is 7.36. The van der Waals surface area contributed by atoms with Gasteiger partial charge in [0.2, 0.25) is 0 Å². The average Bonchev–Trinajstić information content (AvgIpc) is 3.22. The number of rotatable bonds is 10. The summed E-state index contributed by atoms with van der Waals surface area (Å²) in [5.41, 5.74) is 0.847. The quantitative estimate of drug-likeness (QED) is 0.265. The van der Waals surface area contributed by atoms with Crippen LogP contribution in [-0.2, 0) is 13.5 Å². The number of benzene rings is 1. The van der Waals surface area contributed by atoms with E-state index in [9.17, 15) is 32.3 Å². The Hall–Kier alpha value is -3.75. The summed E-state index contributed by atoms with van der Waals surface area (Å²) < 4.78 is 59.5. The number of fused-ring (bicyclic) bond motifs is 1. The predicted molar refractivity (Wildman–Crippen MR) is 146 cm³/mol. The number of β-amino-alcohol motifs (C(OH)–C–C–N with tert-alkyl or cyclic N) is 1. The molecule has 1 fully saturated rings. The second-order valence-electron chi connectivity index (χ2n) is 10.2. The van der Waals surface area contributed by atoms with E-state index in [0.29, 0.717) is 44.6 Å². The van der Waals surface area contributed by atoms with E-state index in [1.807, 2.05) is 4.90 Å². The fourth-order valence-corrected chi connectivity index (χ4v) is 4.95. The van der Waals surface area contributed by atoms with Crippen LogP contribution in [0.2, 0.25) is 0 Å². The summed E-state index contributed by atoms with van der Waals surface area (Å²) in [7, 11) is 1.50. The first-order valence-corrected chi connectivity index (χ1v) is 13.5. The number of hydrogen-bond donors (Lipinski definition) is 4. The van der Waals surface area contributed by atoms with Gasteiger partial charge >= 0.3 is 6.18 Å². The molecule has 0 spiro atoms. The van der Waals surface area contributed by atoms with Crippen molar-refractivity contribution >= 4 is 28.5 Å². The van der Waals surface area contributed by atoms with Crippen molar-refractivity contribution in [1.29, 1.82) is 0 Å². The highest BCUT2D eigenvalue weighted by atomic mass is 19.4. The fraction of sp³-hybridized carbons (Fsp3) is 0.464. The number of carbonyl (C=O) groups excluding carboxylic acids is 2. The van der Waals surface area contributed by atoms with E-state index in [4.69, 9.17) is 9.84 Å². The maximum Gasteiger partial charge on any atom is 0.422 e. The SMILES string of the molecule is CCc1nc2c(cc1NC(=O)c1ccc(F)cc1)c(OCC(F)(F)F)c(C(=O)NC1CCN(CC(O)CO)CC1)n2C. The van der Waals surface area contributed by atoms with Crippen LogP contribution in [0.4, 0.5) is 23.2 Å². The van der Waals surface area contributed by atoms with Gasteiger partial charge < -0.3 is 35.1 Å². The predicted octanol–water partition coefficient (Wildman–Crippen LogP) is 3.02. The highest BCUT2D eigenvalue weighted by Gasteiger charge is 2.33. The first kappa shape index (κ1) is 31.2. The minimum absolute atomic E-state index is 0.103. The molecular formula is C28H33F4N5O5. The number of aromatic nitrogens is 2. The second-order valence-corrected chi connectivity index (χ2v) is 10.2. The molecule has 1 saturated heterocycles. The van der Waals surface area contributed by atoms with E-state index in [2.05, 4.69) is 15.6 Å². The molecule has 0 aliphatic carbocycles. The summed E-state index contributed by atoms with van der Waals surface area (Å²) in [6.45, 7) is 1.17. The number of pyridine rings is 1. The van der Waals surface area contributed by atoms with Gasteiger partial charge in [0.25, 0.3) is 11.8 Å². The number of likely N-dealkylation sites (tertiary alicyclic amines) is 1. The molecule has 228 valence electrons. The van der Waals surface area contributed by atoms with Crippen LogP contribution in [0.25, 0.3) is 11.0 Å². The molecule has 4 N–H and O–H groups in total. The number of nitrogens with one attached hydrogen (secondary N) is 2. The summed E-state index contributed by atoms with van der Waals surface area (Å²) >= 11 is 0. The standard InChI is InChI=1S/C28H33F4N5O5/c1-3-21-22(35-26(40)16-4-6-17(29)7-5-16)12-20-24(42-15-28(30,31)32)23(36(2)25(20)34-21)27(41)33-18-8-10-37(11-9-18)13-19(39)14-38/h4-7,12,18-19,38-39H,3,8-11,13-15H2,1-2H3,(H,33,41)(H,35,40). The number of aryl methyl sites for hydroxylation is 2. The van der Waals surface area contributed by atoms with E-state index in [1.165, 1.54) is 29.8 Å². The summed E-state index contributed by atoms with van der Waals surface area (Å²) in [6, 6.07) is 6.00. The summed E-state index contributed by atoms with van der Waals surface area (Å²) in [5, 5.41) is 24.4. The second kappa shape index (κ2) is 13.0. The van der Waals surface area contributed by atoms with Gasteiger partial charge in [-0.3, -0.25) is 9.59 Å². The van der Waals surface area contributed by atoms with Gasteiger partial charge in [-0.1, -0.05) is 6.92 Å². The highest BCUT2D eigenvalue weighted by Crippen LogP contribution is 2.36. The minimum Gasteiger partial charge on any atom is -0.481 e. The monoisotopic (exact) mass is 595 g/mol. The van der Waals surface area contributed by atoms with E-state index >= 15 is 0 Å². The van der Waals surface area contributed by atoms with Gasteiger partial charge in [0.05, 0.1) is 29.5 Å². The molecule has 2 aromatic heterocycles. The molecule has 1 aliphatic heterocycles. The largest absolute Gasteiger partial charge is 0.481 e. The first-order valence-electron chi connectivity index (χ1n) is 13.5. The summed E-state index contributed by atoms with van der Waals surface area (Å²) in [4.78, 5) is 32.8. The van der Waals surface area contributed by atoms with Gasteiger partial charge in [0.1, 0.15) is 11.5 Å². The fourth-order valence-electron chi connectivity index (χ4n) is 4.95. The number of alkyl halides is 3. The van der Waals surface area contributed by atoms with Crippen LogP contribution < -0.4 is 15.4 Å². The number of hydrogen-bond acceptors (Lipinski definition) is 7. The molecule has 1 aromatic carbocycles. The van der Waals surface area contributed by atoms with Crippen molar-refractivity contribution in [2.75, 3.05) is 38.2 Å². The molecule has 10 nitrogen and oxygen atoms in total. The molecule has 3 heterocycles. The molecule has 2 amide bonds. The normalized spacial score (nSPS) is 15.5. The van der Waals surface area contributed by atoms with Crippen molar-refractivity contribution in [3.63, 3.8) is 0 Å². The van der Waals surface area contributed by atoms with Gasteiger partial charge in [-0.15, -0.1) is 0 Å². The van der Waals surface area contributed by atoms with Crippen LogP contribution in [0.5, 0.6) is 5.75 Å². The minimum atomic E-state index is -4.68. The zero-order chi connectivity index (χ0) is 30.6. The molecule has 0 bridgehead atoms. The number of carbonyl (C=O) groups is 2. The van der Waals surface area contributed by atoms with Crippen molar-refractivity contribution in [2.24, 2.45) is 7.05 Å². The van der Waals surface area contributed by atoms with Gasteiger partial charge in [-0.25, -0.2) is 9.37 Å². The number of halogens is 4. The number of nitrogens with zero attached hydrogens (tertiary/aromatic N) is 3. The number of aliphatic hydroxyl groups excluding tert-OH is 2. The Morgan fingerprint density at radius 3 is 2.43 bits per heavy atom. The third-order valence-corrected chi connectivity index (χ3v) is 7.08. The number of ether oxygens (including phenoxy) is 1.